The zero-order chi connectivity index (χ0) is 44.2. The van der Waals surface area contributed by atoms with Crippen molar-refractivity contribution in [1.29, 1.82) is 0 Å². The number of hydrogen-bond acceptors (Lipinski definition) is 10. The number of aliphatic hydroxyl groups excluding tert-OH is 6. The molecule has 0 aromatic carbocycles. The Kier molecular flexibility index (Phi) is 35.6. The molecule has 0 aromatic rings. The average Bonchev–Trinajstić information content (AvgIpc) is 3.23. The highest BCUT2D eigenvalue weighted by atomic mass is 16.7. The molecule has 0 saturated carbocycles. The molecule has 12 heteroatoms. The molecule has 1 saturated heterocycles. The number of hydrogen-bond donors (Lipinski definition) is 8. The lowest BCUT2D eigenvalue weighted by Crippen LogP contribution is -2.65. The highest BCUT2D eigenvalue weighted by molar-refractivity contribution is 5.80. The Hall–Kier alpha value is -1.64. The van der Waals surface area contributed by atoms with Crippen LogP contribution in [0.2, 0.25) is 0 Å². The van der Waals surface area contributed by atoms with Crippen LogP contribution in [0.3, 0.4) is 0 Å². The van der Waals surface area contributed by atoms with Gasteiger partial charge in [-0.25, -0.2) is 0 Å². The molecule has 0 aliphatic carbocycles. The largest absolute Gasteiger partial charge is 0.394 e. The summed E-state index contributed by atoms with van der Waals surface area (Å²) in [7, 11) is 0. The zero-order valence-corrected chi connectivity index (χ0v) is 38.3. The Balaban J connectivity index is 2.57. The van der Waals surface area contributed by atoms with Crippen LogP contribution in [-0.2, 0) is 19.1 Å². The van der Waals surface area contributed by atoms with Crippen molar-refractivity contribution < 1.29 is 49.7 Å². The van der Waals surface area contributed by atoms with Crippen LogP contribution in [0, 0.1) is 0 Å². The van der Waals surface area contributed by atoms with Gasteiger partial charge in [-0.2, -0.15) is 0 Å². The highest BCUT2D eigenvalue weighted by Crippen LogP contribution is 2.23. The minimum absolute atomic E-state index is 0.124. The standard InChI is InChI=1S/C48H92N2O10/c1-4-6-8-10-12-14-16-18-19-20-21-22-23-25-27-29-31-33-35-41(54)47(58)50-39(37-59-48-43(49-38(3)52)46(57)45(56)42(36-51)60-48)44(55)40(53)34-32-30-28-26-24-17-15-13-11-9-7-5-2/h30,32,39-46,48,51,53-57H,4-29,31,33-37H2,1-3H3,(H,49,52)(H,50,58). The van der Waals surface area contributed by atoms with Gasteiger partial charge in [0.2, 0.25) is 11.8 Å². The van der Waals surface area contributed by atoms with Gasteiger partial charge in [0, 0.05) is 6.92 Å². The molecule has 1 heterocycles. The number of unbranched alkanes of at least 4 members (excludes halogenated alkanes) is 26. The number of ether oxygens (including phenoxy) is 2. The van der Waals surface area contributed by atoms with E-state index < -0.39 is 80.0 Å². The summed E-state index contributed by atoms with van der Waals surface area (Å²) in [6.45, 7) is 4.64. The summed E-state index contributed by atoms with van der Waals surface area (Å²) in [4.78, 5) is 25.1. The first-order valence-corrected chi connectivity index (χ1v) is 24.6. The summed E-state index contributed by atoms with van der Waals surface area (Å²) in [5.74, 6) is -1.24. The van der Waals surface area contributed by atoms with Gasteiger partial charge >= 0.3 is 0 Å². The van der Waals surface area contributed by atoms with Gasteiger partial charge in [0.05, 0.1) is 25.4 Å². The van der Waals surface area contributed by atoms with Gasteiger partial charge < -0.3 is 50.7 Å². The van der Waals surface area contributed by atoms with E-state index in [0.717, 1.165) is 38.5 Å². The minimum Gasteiger partial charge on any atom is -0.394 e. The monoisotopic (exact) mass is 857 g/mol. The number of rotatable bonds is 40. The van der Waals surface area contributed by atoms with E-state index in [1.807, 2.05) is 12.2 Å². The normalized spacial score (nSPS) is 21.5. The molecule has 12 nitrogen and oxygen atoms in total. The Labute approximate surface area is 365 Å². The lowest BCUT2D eigenvalue weighted by Gasteiger charge is -2.42. The van der Waals surface area contributed by atoms with Crippen molar-refractivity contribution in [3.05, 3.63) is 12.2 Å². The third-order valence-corrected chi connectivity index (χ3v) is 12.0. The van der Waals surface area contributed by atoms with Gasteiger partial charge in [0.15, 0.2) is 6.29 Å². The van der Waals surface area contributed by atoms with Gasteiger partial charge in [-0.1, -0.05) is 193 Å². The molecule has 60 heavy (non-hydrogen) atoms. The lowest BCUT2D eigenvalue weighted by molar-refractivity contribution is -0.272. The molecular weight excluding hydrogens is 765 g/mol. The minimum atomic E-state index is -1.54. The number of carbonyl (C=O) groups excluding carboxylic acids is 2. The topological polar surface area (TPSA) is 198 Å². The van der Waals surface area contributed by atoms with Crippen molar-refractivity contribution in [2.45, 2.75) is 268 Å². The van der Waals surface area contributed by atoms with E-state index in [9.17, 15) is 40.2 Å². The smallest absolute Gasteiger partial charge is 0.249 e. The molecule has 1 aliphatic heterocycles. The molecular formula is C48H92N2O10. The van der Waals surface area contributed by atoms with Gasteiger partial charge in [0.1, 0.15) is 36.6 Å². The Bertz CT molecular complexity index is 1050. The first-order valence-electron chi connectivity index (χ1n) is 24.6. The molecule has 1 rings (SSSR count). The van der Waals surface area contributed by atoms with Gasteiger partial charge in [-0.15, -0.1) is 0 Å². The summed E-state index contributed by atoms with van der Waals surface area (Å²) < 4.78 is 11.5. The first kappa shape index (κ1) is 56.4. The van der Waals surface area contributed by atoms with Crippen molar-refractivity contribution >= 4 is 11.8 Å². The summed E-state index contributed by atoms with van der Waals surface area (Å²) in [6.07, 6.45) is 28.8. The van der Waals surface area contributed by atoms with E-state index in [4.69, 9.17) is 9.47 Å². The van der Waals surface area contributed by atoms with E-state index in [1.165, 1.54) is 142 Å². The van der Waals surface area contributed by atoms with Crippen LogP contribution in [0.15, 0.2) is 12.2 Å². The van der Waals surface area contributed by atoms with Crippen molar-refractivity contribution in [3.8, 4) is 0 Å². The van der Waals surface area contributed by atoms with Crippen molar-refractivity contribution in [2.75, 3.05) is 13.2 Å². The molecule has 0 bridgehead atoms. The lowest BCUT2D eigenvalue weighted by atomic mass is 9.96. The molecule has 2 amide bonds. The Morgan fingerprint density at radius 3 is 1.55 bits per heavy atom. The molecule has 8 N–H and O–H groups in total. The molecule has 9 unspecified atom stereocenters. The Morgan fingerprint density at radius 1 is 0.650 bits per heavy atom. The van der Waals surface area contributed by atoms with Crippen LogP contribution in [0.5, 0.6) is 0 Å². The first-order chi connectivity index (χ1) is 29.1. The fourth-order valence-corrected chi connectivity index (χ4v) is 8.02. The quantitative estimate of drug-likeness (QED) is 0.0222. The summed E-state index contributed by atoms with van der Waals surface area (Å²) in [5, 5.41) is 68.9. The molecule has 0 spiro atoms. The van der Waals surface area contributed by atoms with Crippen molar-refractivity contribution in [2.24, 2.45) is 0 Å². The zero-order valence-electron chi connectivity index (χ0n) is 38.3. The van der Waals surface area contributed by atoms with Gasteiger partial charge in [-0.3, -0.25) is 9.59 Å². The molecule has 1 fully saturated rings. The maximum atomic E-state index is 13.2. The fraction of sp³-hybridized carbons (Fsp3) is 0.917. The number of nitrogens with one attached hydrogen (secondary N) is 2. The number of carbonyl (C=O) groups is 2. The number of amides is 2. The van der Waals surface area contributed by atoms with E-state index in [1.54, 1.807) is 0 Å². The van der Waals surface area contributed by atoms with Crippen LogP contribution in [0.25, 0.3) is 0 Å². The third kappa shape index (κ3) is 27.4. The van der Waals surface area contributed by atoms with E-state index in [0.29, 0.717) is 6.42 Å². The van der Waals surface area contributed by atoms with Crippen LogP contribution in [-0.4, -0.2) is 111 Å². The number of aliphatic hydroxyl groups is 6. The summed E-state index contributed by atoms with van der Waals surface area (Å²) in [5.41, 5.74) is 0. The van der Waals surface area contributed by atoms with Gasteiger partial charge in [0.25, 0.3) is 0 Å². The van der Waals surface area contributed by atoms with Crippen LogP contribution in [0.1, 0.15) is 213 Å². The fourth-order valence-electron chi connectivity index (χ4n) is 8.02. The van der Waals surface area contributed by atoms with Crippen LogP contribution >= 0.6 is 0 Å². The predicted molar refractivity (Wildman–Crippen MR) is 240 cm³/mol. The molecule has 9 atom stereocenters. The van der Waals surface area contributed by atoms with Crippen molar-refractivity contribution in [3.63, 3.8) is 0 Å². The third-order valence-electron chi connectivity index (χ3n) is 12.0. The number of allylic oxidation sites excluding steroid dienone is 1. The highest BCUT2D eigenvalue weighted by Gasteiger charge is 2.46. The second-order valence-electron chi connectivity index (χ2n) is 17.6. The van der Waals surface area contributed by atoms with Gasteiger partial charge in [-0.05, 0) is 25.7 Å². The molecule has 0 radical (unpaired) electrons. The van der Waals surface area contributed by atoms with Crippen molar-refractivity contribution in [1.82, 2.24) is 10.6 Å². The molecule has 354 valence electrons. The van der Waals surface area contributed by atoms with Crippen LogP contribution < -0.4 is 10.6 Å². The summed E-state index contributed by atoms with van der Waals surface area (Å²) in [6, 6.07) is -2.43. The van der Waals surface area contributed by atoms with E-state index in [-0.39, 0.29) is 12.8 Å². The SMILES string of the molecule is CCCCCCCCCCCC=CCC(O)C(O)C(COC1OC(CO)C(O)C(O)C1NC(C)=O)NC(=O)C(O)CCCCCCCCCCCCCCCCCCCC. The second-order valence-corrected chi connectivity index (χ2v) is 17.6. The Morgan fingerprint density at radius 2 is 1.10 bits per heavy atom. The molecule has 1 aliphatic rings. The average molecular weight is 857 g/mol. The van der Waals surface area contributed by atoms with E-state index >= 15 is 0 Å². The maximum Gasteiger partial charge on any atom is 0.249 e. The predicted octanol–water partition coefficient (Wildman–Crippen LogP) is 7.81. The second kappa shape index (κ2) is 37.9. The molecule has 0 aromatic heterocycles. The van der Waals surface area contributed by atoms with Crippen LogP contribution in [0.4, 0.5) is 0 Å². The summed E-state index contributed by atoms with van der Waals surface area (Å²) >= 11 is 0. The maximum absolute atomic E-state index is 13.2. The van der Waals surface area contributed by atoms with E-state index in [2.05, 4.69) is 24.5 Å².